The van der Waals surface area contributed by atoms with Crippen LogP contribution in [0, 0.1) is 5.82 Å². The number of nitrogens with zero attached hydrogens (tertiary/aromatic N) is 1. The van der Waals surface area contributed by atoms with Gasteiger partial charge in [-0.1, -0.05) is 19.4 Å². The van der Waals surface area contributed by atoms with E-state index in [1.165, 1.54) is 11.0 Å². The minimum absolute atomic E-state index is 0.0371. The normalized spacial score (nSPS) is 15.5. The number of imide groups is 1. The largest absolute Gasteiger partial charge is 0.383 e. The molecule has 162 valence electrons. The van der Waals surface area contributed by atoms with Gasteiger partial charge in [-0.2, -0.15) is 0 Å². The molecule has 3 N–H and O–H groups in total. The third kappa shape index (κ3) is 7.28. The number of carbonyl (C=O) groups is 2. The molecule has 10 heteroatoms. The second kappa shape index (κ2) is 10.5. The zero-order valence-corrected chi connectivity index (χ0v) is 17.6. The number of hydrogen-bond acceptors (Lipinski definition) is 5. The number of urea groups is 1. The van der Waals surface area contributed by atoms with Crippen molar-refractivity contribution >= 4 is 27.6 Å². The smallest absolute Gasteiger partial charge is 0.324 e. The van der Waals surface area contributed by atoms with Crippen LogP contribution in [0.5, 0.6) is 0 Å². The molecule has 1 fully saturated rings. The van der Waals surface area contributed by atoms with Gasteiger partial charge in [-0.15, -0.1) is 0 Å². The number of hydrogen-bond donors (Lipinski definition) is 3. The average molecular weight is 429 g/mol. The lowest BCUT2D eigenvalue weighted by molar-refractivity contribution is -0.118. The molecular weight excluding hydrogens is 399 g/mol. The summed E-state index contributed by atoms with van der Waals surface area (Å²) in [6.07, 6.45) is 2.54. The molecule has 1 aliphatic heterocycles. The number of rotatable bonds is 12. The van der Waals surface area contributed by atoms with Gasteiger partial charge in [0.25, 0.3) is 0 Å². The van der Waals surface area contributed by atoms with E-state index < -0.39 is 22.1 Å². The lowest BCUT2D eigenvalue weighted by Gasteiger charge is -2.17. The number of anilines is 1. The van der Waals surface area contributed by atoms with Crippen molar-refractivity contribution in [1.29, 1.82) is 0 Å². The summed E-state index contributed by atoms with van der Waals surface area (Å²) >= 11 is 0. The molecule has 0 radical (unpaired) electrons. The number of halogens is 1. The van der Waals surface area contributed by atoms with Crippen molar-refractivity contribution < 1.29 is 22.4 Å². The standard InChI is InChI=1S/C19H29FN4O4S/c1-3-9-21-17-12-15(7-8-16(17)20)14(2)23-29(27,28)11-6-4-5-10-24-13-18(25)22-19(24)26/h7-8,12,14,21,23H,3-6,9-11,13H2,1-2H3,(H,22,25,26)/t14-/m1/s1. The summed E-state index contributed by atoms with van der Waals surface area (Å²) in [5, 5.41) is 5.19. The molecule has 0 spiro atoms. The Kier molecular flexibility index (Phi) is 8.39. The molecule has 1 aliphatic rings. The van der Waals surface area contributed by atoms with Crippen molar-refractivity contribution in [3.63, 3.8) is 0 Å². The maximum absolute atomic E-state index is 13.8. The summed E-state index contributed by atoms with van der Waals surface area (Å²) in [5.74, 6) is -0.722. The highest BCUT2D eigenvalue weighted by Gasteiger charge is 2.25. The first-order valence-electron chi connectivity index (χ1n) is 9.84. The van der Waals surface area contributed by atoms with Crippen molar-refractivity contribution in [2.24, 2.45) is 0 Å². The predicted octanol–water partition coefficient (Wildman–Crippen LogP) is 2.35. The second-order valence-corrected chi connectivity index (χ2v) is 9.03. The lowest BCUT2D eigenvalue weighted by atomic mass is 10.1. The monoisotopic (exact) mass is 428 g/mol. The van der Waals surface area contributed by atoms with E-state index in [0.717, 1.165) is 6.42 Å². The zero-order chi connectivity index (χ0) is 21.4. The van der Waals surface area contributed by atoms with Gasteiger partial charge in [-0.05, 0) is 43.9 Å². The van der Waals surface area contributed by atoms with E-state index in [-0.39, 0.29) is 24.0 Å². The molecule has 0 aliphatic carbocycles. The summed E-state index contributed by atoms with van der Waals surface area (Å²) in [5.41, 5.74) is 1.04. The highest BCUT2D eigenvalue weighted by atomic mass is 32.2. The first-order chi connectivity index (χ1) is 13.7. The Balaban J connectivity index is 1.78. The van der Waals surface area contributed by atoms with E-state index in [2.05, 4.69) is 15.4 Å². The first kappa shape index (κ1) is 23.1. The molecule has 0 unspecified atom stereocenters. The van der Waals surface area contributed by atoms with E-state index in [0.29, 0.717) is 43.6 Å². The Labute approximate surface area is 171 Å². The van der Waals surface area contributed by atoms with Crippen molar-refractivity contribution in [2.75, 3.05) is 30.7 Å². The number of carbonyl (C=O) groups excluding carboxylic acids is 2. The van der Waals surface area contributed by atoms with Crippen LogP contribution < -0.4 is 15.4 Å². The topological polar surface area (TPSA) is 108 Å². The van der Waals surface area contributed by atoms with Crippen molar-refractivity contribution in [1.82, 2.24) is 14.9 Å². The minimum Gasteiger partial charge on any atom is -0.383 e. The third-order valence-corrected chi connectivity index (χ3v) is 6.16. The molecule has 0 saturated carbocycles. The van der Waals surface area contributed by atoms with Crippen molar-refractivity contribution in [3.8, 4) is 0 Å². The second-order valence-electron chi connectivity index (χ2n) is 7.16. The van der Waals surface area contributed by atoms with Gasteiger partial charge < -0.3 is 10.2 Å². The molecule has 0 aromatic heterocycles. The number of unbranched alkanes of at least 4 members (excludes halogenated alkanes) is 2. The van der Waals surface area contributed by atoms with Crippen LogP contribution in [0.1, 0.15) is 51.1 Å². The number of benzene rings is 1. The summed E-state index contributed by atoms with van der Waals surface area (Å²) < 4.78 is 41.1. The van der Waals surface area contributed by atoms with E-state index >= 15 is 0 Å². The Morgan fingerprint density at radius 3 is 2.66 bits per heavy atom. The van der Waals surface area contributed by atoms with Gasteiger partial charge in [0.1, 0.15) is 12.4 Å². The molecule has 1 atom stereocenters. The van der Waals surface area contributed by atoms with E-state index in [4.69, 9.17) is 0 Å². The highest BCUT2D eigenvalue weighted by molar-refractivity contribution is 7.89. The Bertz CT molecular complexity index is 831. The Morgan fingerprint density at radius 1 is 1.24 bits per heavy atom. The quantitative estimate of drug-likeness (QED) is 0.350. The van der Waals surface area contributed by atoms with Crippen LogP contribution in [-0.2, 0) is 14.8 Å². The van der Waals surface area contributed by atoms with Crippen LogP contribution in [0.25, 0.3) is 0 Å². The molecule has 0 bridgehead atoms. The van der Waals surface area contributed by atoms with Crippen molar-refractivity contribution in [3.05, 3.63) is 29.6 Å². The van der Waals surface area contributed by atoms with Gasteiger partial charge in [0.05, 0.1) is 11.4 Å². The van der Waals surface area contributed by atoms with E-state index in [1.807, 2.05) is 6.92 Å². The van der Waals surface area contributed by atoms with Gasteiger partial charge in [-0.3, -0.25) is 10.1 Å². The fourth-order valence-electron chi connectivity index (χ4n) is 3.04. The maximum atomic E-state index is 13.8. The number of amides is 3. The number of sulfonamides is 1. The fraction of sp³-hybridized carbons (Fsp3) is 0.579. The van der Waals surface area contributed by atoms with Gasteiger partial charge in [0, 0.05) is 19.1 Å². The SMILES string of the molecule is CCCNc1cc([C@@H](C)NS(=O)(=O)CCCCCN2CC(=O)NC2=O)ccc1F. The van der Waals surface area contributed by atoms with Crippen LogP contribution in [0.4, 0.5) is 14.9 Å². The highest BCUT2D eigenvalue weighted by Crippen LogP contribution is 2.21. The van der Waals surface area contributed by atoms with Gasteiger partial charge in [0.15, 0.2) is 0 Å². The lowest BCUT2D eigenvalue weighted by Crippen LogP contribution is -2.30. The Hall–Kier alpha value is -2.20. The maximum Gasteiger partial charge on any atom is 0.324 e. The molecular formula is C19H29FN4O4S. The summed E-state index contributed by atoms with van der Waals surface area (Å²) in [7, 11) is -3.50. The van der Waals surface area contributed by atoms with Crippen LogP contribution in [0.15, 0.2) is 18.2 Å². The van der Waals surface area contributed by atoms with Crippen LogP contribution in [0.2, 0.25) is 0 Å². The zero-order valence-electron chi connectivity index (χ0n) is 16.8. The average Bonchev–Trinajstić information content (AvgIpc) is 2.97. The summed E-state index contributed by atoms with van der Waals surface area (Å²) in [4.78, 5) is 23.9. The third-order valence-electron chi connectivity index (χ3n) is 4.62. The van der Waals surface area contributed by atoms with Gasteiger partial charge >= 0.3 is 6.03 Å². The fourth-order valence-corrected chi connectivity index (χ4v) is 4.42. The summed E-state index contributed by atoms with van der Waals surface area (Å²) in [6, 6.07) is 3.65. The van der Waals surface area contributed by atoms with Crippen LogP contribution in [0.3, 0.4) is 0 Å². The van der Waals surface area contributed by atoms with Gasteiger partial charge in [0.2, 0.25) is 15.9 Å². The summed E-state index contributed by atoms with van der Waals surface area (Å²) in [6.45, 7) is 4.81. The minimum atomic E-state index is -3.50. The molecule has 1 aromatic carbocycles. The van der Waals surface area contributed by atoms with E-state index in [9.17, 15) is 22.4 Å². The van der Waals surface area contributed by atoms with Gasteiger partial charge in [-0.25, -0.2) is 22.3 Å². The van der Waals surface area contributed by atoms with E-state index in [1.54, 1.807) is 19.1 Å². The number of nitrogens with one attached hydrogen (secondary N) is 3. The van der Waals surface area contributed by atoms with Crippen LogP contribution >= 0.6 is 0 Å². The molecule has 1 saturated heterocycles. The molecule has 3 amide bonds. The predicted molar refractivity (Wildman–Crippen MR) is 109 cm³/mol. The Morgan fingerprint density at radius 2 is 2.00 bits per heavy atom. The van der Waals surface area contributed by atoms with Crippen LogP contribution in [-0.4, -0.2) is 50.6 Å². The first-order valence-corrected chi connectivity index (χ1v) is 11.5. The molecule has 1 heterocycles. The molecule has 1 aromatic rings. The molecule has 2 rings (SSSR count). The van der Waals surface area contributed by atoms with Crippen molar-refractivity contribution in [2.45, 2.75) is 45.6 Å². The molecule has 8 nitrogen and oxygen atoms in total. The molecule has 29 heavy (non-hydrogen) atoms.